The molecule has 1 aliphatic heterocycles. The van der Waals surface area contributed by atoms with Crippen molar-refractivity contribution in [3.8, 4) is 12.3 Å². The summed E-state index contributed by atoms with van der Waals surface area (Å²) in [6, 6.07) is -0.0679. The molecule has 2 rings (SSSR count). The van der Waals surface area contributed by atoms with Gasteiger partial charge in [0.05, 0.1) is 0 Å². The average Bonchev–Trinajstić information content (AvgIpc) is 3.10. The van der Waals surface area contributed by atoms with E-state index in [1.165, 1.54) is 0 Å². The monoisotopic (exact) mass is 390 g/mol. The van der Waals surface area contributed by atoms with E-state index < -0.39 is 18.1 Å². The Morgan fingerprint density at radius 2 is 2.12 bits per heavy atom. The molecule has 26 heavy (non-hydrogen) atoms. The topological polar surface area (TPSA) is 67.3 Å². The standard InChI is InChI=1S/C16H21F3N4O2S/c1-4-9-25-11(3)13(24)20-10(2)12-5-7-23(8-6-12)15-21-14(22-26-15)16(17,18)19/h1,10-12H,5-9H2,2-3H3,(H,20,24)/t10-,11?/m1/s1. The molecule has 6 nitrogen and oxygen atoms in total. The fourth-order valence-corrected chi connectivity index (χ4v) is 3.50. The number of carbonyl (C=O) groups is 1. The van der Waals surface area contributed by atoms with Gasteiger partial charge < -0.3 is 15.0 Å². The van der Waals surface area contributed by atoms with Crippen molar-refractivity contribution >= 4 is 22.6 Å². The molecular formula is C16H21F3N4O2S. The Kier molecular flexibility index (Phi) is 6.83. The lowest BCUT2D eigenvalue weighted by Crippen LogP contribution is -2.46. The van der Waals surface area contributed by atoms with E-state index >= 15 is 0 Å². The molecule has 0 bridgehead atoms. The molecular weight excluding hydrogens is 369 g/mol. The molecule has 1 saturated heterocycles. The number of piperidine rings is 1. The molecule has 2 heterocycles. The molecule has 144 valence electrons. The molecule has 1 unspecified atom stereocenters. The van der Waals surface area contributed by atoms with Gasteiger partial charge in [0.25, 0.3) is 0 Å². The quantitative estimate of drug-likeness (QED) is 0.755. The maximum atomic E-state index is 12.6. The first kappa shape index (κ1) is 20.5. The lowest BCUT2D eigenvalue weighted by atomic mass is 9.90. The molecule has 2 atom stereocenters. The highest BCUT2D eigenvalue weighted by atomic mass is 32.1. The van der Waals surface area contributed by atoms with E-state index in [0.29, 0.717) is 13.1 Å². The van der Waals surface area contributed by atoms with Crippen LogP contribution in [0, 0.1) is 18.3 Å². The summed E-state index contributed by atoms with van der Waals surface area (Å²) in [5.41, 5.74) is 0. The number of amides is 1. The Balaban J connectivity index is 1.83. The van der Waals surface area contributed by atoms with E-state index in [4.69, 9.17) is 11.2 Å². The van der Waals surface area contributed by atoms with Crippen LogP contribution in [0.15, 0.2) is 0 Å². The first-order valence-electron chi connectivity index (χ1n) is 8.23. The molecule has 0 aliphatic carbocycles. The fraction of sp³-hybridized carbons (Fsp3) is 0.688. The largest absolute Gasteiger partial charge is 0.452 e. The third-order valence-electron chi connectivity index (χ3n) is 4.34. The first-order valence-corrected chi connectivity index (χ1v) is 9.01. The van der Waals surface area contributed by atoms with E-state index in [-0.39, 0.29) is 29.6 Å². The summed E-state index contributed by atoms with van der Waals surface area (Å²) >= 11 is 0.757. The summed E-state index contributed by atoms with van der Waals surface area (Å²) in [5, 5.41) is 3.19. The Morgan fingerprint density at radius 3 is 2.65 bits per heavy atom. The number of hydrogen-bond donors (Lipinski definition) is 1. The van der Waals surface area contributed by atoms with Gasteiger partial charge in [-0.25, -0.2) is 0 Å². The van der Waals surface area contributed by atoms with E-state index in [9.17, 15) is 18.0 Å². The van der Waals surface area contributed by atoms with Crippen LogP contribution in [0.3, 0.4) is 0 Å². The van der Waals surface area contributed by atoms with Crippen LogP contribution in [0.2, 0.25) is 0 Å². The summed E-state index contributed by atoms with van der Waals surface area (Å²) in [4.78, 5) is 17.4. The first-order chi connectivity index (χ1) is 12.2. The number of anilines is 1. The normalized spacial score (nSPS) is 18.2. The minimum Gasteiger partial charge on any atom is -0.356 e. The molecule has 1 aromatic heterocycles. The smallest absolute Gasteiger partial charge is 0.356 e. The number of alkyl halides is 3. The van der Waals surface area contributed by atoms with Crippen molar-refractivity contribution in [3.63, 3.8) is 0 Å². The number of aromatic nitrogens is 2. The maximum Gasteiger partial charge on any atom is 0.452 e. The van der Waals surface area contributed by atoms with Gasteiger partial charge in [-0.1, -0.05) is 5.92 Å². The lowest BCUT2D eigenvalue weighted by molar-refractivity contribution is -0.144. The van der Waals surface area contributed by atoms with Crippen LogP contribution in [0.5, 0.6) is 0 Å². The maximum absolute atomic E-state index is 12.6. The average molecular weight is 390 g/mol. The summed E-state index contributed by atoms with van der Waals surface area (Å²) in [6.07, 6.45) is 1.42. The van der Waals surface area contributed by atoms with Crippen molar-refractivity contribution in [1.29, 1.82) is 0 Å². The Hall–Kier alpha value is -1.86. The van der Waals surface area contributed by atoms with Gasteiger partial charge >= 0.3 is 6.18 Å². The zero-order chi connectivity index (χ0) is 19.3. The zero-order valence-corrected chi connectivity index (χ0v) is 15.4. The van der Waals surface area contributed by atoms with Gasteiger partial charge in [-0.3, -0.25) is 4.79 Å². The molecule has 0 aromatic carbocycles. The fourth-order valence-electron chi connectivity index (χ4n) is 2.76. The van der Waals surface area contributed by atoms with E-state index in [0.717, 1.165) is 24.4 Å². The molecule has 1 N–H and O–H groups in total. The summed E-state index contributed by atoms with van der Waals surface area (Å²) in [7, 11) is 0. The predicted molar refractivity (Wildman–Crippen MR) is 91.7 cm³/mol. The van der Waals surface area contributed by atoms with Gasteiger partial charge in [-0.15, -0.1) is 6.42 Å². The number of nitrogens with one attached hydrogen (secondary N) is 1. The van der Waals surface area contributed by atoms with Crippen LogP contribution >= 0.6 is 11.5 Å². The third-order valence-corrected chi connectivity index (χ3v) is 5.12. The number of terminal acetylenes is 1. The van der Waals surface area contributed by atoms with Gasteiger partial charge in [0.2, 0.25) is 16.9 Å². The molecule has 1 amide bonds. The van der Waals surface area contributed by atoms with Crippen molar-refractivity contribution < 1.29 is 22.7 Å². The number of nitrogens with zero attached hydrogens (tertiary/aromatic N) is 3. The van der Waals surface area contributed by atoms with Crippen molar-refractivity contribution in [2.75, 3.05) is 24.6 Å². The molecule has 0 saturated carbocycles. The number of carbonyl (C=O) groups excluding carboxylic acids is 1. The number of halogens is 3. The van der Waals surface area contributed by atoms with Gasteiger partial charge in [0.1, 0.15) is 12.7 Å². The zero-order valence-electron chi connectivity index (χ0n) is 14.5. The highest BCUT2D eigenvalue weighted by Gasteiger charge is 2.37. The van der Waals surface area contributed by atoms with Crippen LogP contribution in [-0.2, 0) is 15.7 Å². The Labute approximate surface area is 154 Å². The molecule has 1 aliphatic rings. The van der Waals surface area contributed by atoms with Gasteiger partial charge in [0.15, 0.2) is 0 Å². The van der Waals surface area contributed by atoms with E-state index in [1.807, 2.05) is 6.92 Å². The Morgan fingerprint density at radius 1 is 1.46 bits per heavy atom. The minimum absolute atomic E-state index is 0.0679. The number of hydrogen-bond acceptors (Lipinski definition) is 6. The van der Waals surface area contributed by atoms with Crippen molar-refractivity contribution in [3.05, 3.63) is 5.82 Å². The Bertz CT molecular complexity index is 651. The van der Waals surface area contributed by atoms with Crippen molar-refractivity contribution in [2.24, 2.45) is 5.92 Å². The number of ether oxygens (including phenoxy) is 1. The van der Waals surface area contributed by atoms with Crippen molar-refractivity contribution in [1.82, 2.24) is 14.7 Å². The summed E-state index contributed by atoms with van der Waals surface area (Å²) in [5.74, 6) is 1.22. The summed E-state index contributed by atoms with van der Waals surface area (Å²) in [6.45, 7) is 4.76. The second-order valence-corrected chi connectivity index (χ2v) is 6.91. The molecule has 1 fully saturated rings. The van der Waals surface area contributed by atoms with Gasteiger partial charge in [-0.2, -0.15) is 22.5 Å². The van der Waals surface area contributed by atoms with Crippen LogP contribution in [-0.4, -0.2) is 47.1 Å². The minimum atomic E-state index is -4.52. The second-order valence-electron chi connectivity index (χ2n) is 6.18. The molecule has 0 radical (unpaired) electrons. The van der Waals surface area contributed by atoms with Crippen LogP contribution in [0.4, 0.5) is 18.3 Å². The molecule has 10 heteroatoms. The third kappa shape index (κ3) is 5.32. The second kappa shape index (κ2) is 8.68. The highest BCUT2D eigenvalue weighted by molar-refractivity contribution is 7.09. The van der Waals surface area contributed by atoms with Gasteiger partial charge in [0, 0.05) is 30.7 Å². The number of rotatable bonds is 6. The predicted octanol–water partition coefficient (Wildman–Crippen LogP) is 2.32. The van der Waals surface area contributed by atoms with Crippen LogP contribution < -0.4 is 10.2 Å². The van der Waals surface area contributed by atoms with Crippen molar-refractivity contribution in [2.45, 2.75) is 45.0 Å². The van der Waals surface area contributed by atoms with Gasteiger partial charge in [-0.05, 0) is 32.6 Å². The molecule has 1 aromatic rings. The SMILES string of the molecule is C#CCOC(C)C(=O)N[C@H](C)C1CCN(c2nc(C(F)(F)F)ns2)CC1. The van der Waals surface area contributed by atoms with E-state index in [2.05, 4.69) is 20.6 Å². The van der Waals surface area contributed by atoms with Crippen LogP contribution in [0.25, 0.3) is 0 Å². The van der Waals surface area contributed by atoms with Crippen LogP contribution in [0.1, 0.15) is 32.5 Å². The summed E-state index contributed by atoms with van der Waals surface area (Å²) < 4.78 is 46.4. The van der Waals surface area contributed by atoms with E-state index in [1.54, 1.807) is 11.8 Å². The lowest BCUT2D eigenvalue weighted by Gasteiger charge is -2.35. The highest BCUT2D eigenvalue weighted by Crippen LogP contribution is 2.32. The molecule has 0 spiro atoms.